The molecule has 2 amide bonds. The SMILES string of the molecule is Cc1ccc(C(N)=O)c(OC(C)C(=O)Nc2cccc([N+](=O)[O-])c2)c1. The average Bonchev–Trinajstić information content (AvgIpc) is 2.54. The first-order valence-electron chi connectivity index (χ1n) is 7.40. The van der Waals surface area contributed by atoms with Gasteiger partial charge in [-0.2, -0.15) is 0 Å². The van der Waals surface area contributed by atoms with E-state index in [1.807, 2.05) is 6.92 Å². The van der Waals surface area contributed by atoms with Crippen molar-refractivity contribution in [3.05, 3.63) is 63.7 Å². The van der Waals surface area contributed by atoms with Gasteiger partial charge in [-0.3, -0.25) is 19.7 Å². The summed E-state index contributed by atoms with van der Waals surface area (Å²) in [5, 5.41) is 13.3. The van der Waals surface area contributed by atoms with Gasteiger partial charge in [0.25, 0.3) is 17.5 Å². The lowest BCUT2D eigenvalue weighted by molar-refractivity contribution is -0.384. The van der Waals surface area contributed by atoms with Crippen LogP contribution in [0.15, 0.2) is 42.5 Å². The molecule has 0 aromatic heterocycles. The molecule has 0 fully saturated rings. The quantitative estimate of drug-likeness (QED) is 0.615. The molecule has 0 aliphatic rings. The van der Waals surface area contributed by atoms with Gasteiger partial charge in [0.05, 0.1) is 10.5 Å². The van der Waals surface area contributed by atoms with E-state index in [4.69, 9.17) is 10.5 Å². The Morgan fingerprint density at radius 1 is 1.24 bits per heavy atom. The standard InChI is InChI=1S/C17H17N3O5/c1-10-6-7-14(16(18)21)15(8-10)25-11(2)17(22)19-12-4-3-5-13(9-12)20(23)24/h3-9,11H,1-2H3,(H2,18,21)(H,19,22). The van der Waals surface area contributed by atoms with Crippen molar-refractivity contribution in [1.82, 2.24) is 0 Å². The number of ether oxygens (including phenoxy) is 1. The Morgan fingerprint density at radius 2 is 1.96 bits per heavy atom. The Kier molecular flexibility index (Phi) is 5.33. The number of benzene rings is 2. The first kappa shape index (κ1) is 17.9. The zero-order valence-electron chi connectivity index (χ0n) is 13.7. The van der Waals surface area contributed by atoms with Crippen LogP contribution in [0.3, 0.4) is 0 Å². The van der Waals surface area contributed by atoms with E-state index in [1.165, 1.54) is 37.3 Å². The molecule has 8 nitrogen and oxygen atoms in total. The highest BCUT2D eigenvalue weighted by molar-refractivity contribution is 5.97. The largest absolute Gasteiger partial charge is 0.480 e. The highest BCUT2D eigenvalue weighted by Crippen LogP contribution is 2.22. The third-order valence-electron chi connectivity index (χ3n) is 3.40. The zero-order valence-corrected chi connectivity index (χ0v) is 13.7. The molecule has 0 saturated carbocycles. The predicted molar refractivity (Wildman–Crippen MR) is 91.5 cm³/mol. The molecule has 3 N–H and O–H groups in total. The number of nitrogens with one attached hydrogen (secondary N) is 1. The number of carbonyl (C=O) groups is 2. The molecular weight excluding hydrogens is 326 g/mol. The summed E-state index contributed by atoms with van der Waals surface area (Å²) in [5.41, 5.74) is 6.44. The van der Waals surface area contributed by atoms with Gasteiger partial charge < -0.3 is 15.8 Å². The maximum Gasteiger partial charge on any atom is 0.271 e. The Labute approximate surface area is 143 Å². The number of aryl methyl sites for hydroxylation is 1. The molecule has 0 aliphatic heterocycles. The fourth-order valence-corrected chi connectivity index (χ4v) is 2.12. The molecule has 0 saturated heterocycles. The molecule has 0 spiro atoms. The van der Waals surface area contributed by atoms with Crippen LogP contribution in [0.4, 0.5) is 11.4 Å². The Hall–Kier alpha value is -3.42. The molecule has 0 heterocycles. The second-order valence-corrected chi connectivity index (χ2v) is 5.42. The van der Waals surface area contributed by atoms with E-state index in [-0.39, 0.29) is 22.7 Å². The molecule has 0 aliphatic carbocycles. The van der Waals surface area contributed by atoms with Crippen LogP contribution in [0.5, 0.6) is 5.75 Å². The Balaban J connectivity index is 2.13. The fraction of sp³-hybridized carbons (Fsp3) is 0.176. The maximum absolute atomic E-state index is 12.2. The van der Waals surface area contributed by atoms with Crippen LogP contribution in [0.25, 0.3) is 0 Å². The molecule has 0 radical (unpaired) electrons. The zero-order chi connectivity index (χ0) is 18.6. The number of nitro benzene ring substituents is 1. The highest BCUT2D eigenvalue weighted by Gasteiger charge is 2.19. The van der Waals surface area contributed by atoms with E-state index >= 15 is 0 Å². The minimum atomic E-state index is -0.945. The van der Waals surface area contributed by atoms with Crippen LogP contribution in [0.1, 0.15) is 22.8 Å². The number of amides is 2. The lowest BCUT2D eigenvalue weighted by Gasteiger charge is -2.17. The third kappa shape index (κ3) is 4.54. The lowest BCUT2D eigenvalue weighted by atomic mass is 10.1. The van der Waals surface area contributed by atoms with Crippen molar-refractivity contribution >= 4 is 23.2 Å². The van der Waals surface area contributed by atoms with Crippen molar-refractivity contribution in [2.75, 3.05) is 5.32 Å². The molecule has 0 bridgehead atoms. The molecule has 2 aromatic carbocycles. The summed E-state index contributed by atoms with van der Waals surface area (Å²) in [6.07, 6.45) is -0.945. The van der Waals surface area contributed by atoms with Gasteiger partial charge in [0, 0.05) is 17.8 Å². The highest BCUT2D eigenvalue weighted by atomic mass is 16.6. The number of hydrogen-bond acceptors (Lipinski definition) is 5. The van der Waals surface area contributed by atoms with Crippen LogP contribution in [0.2, 0.25) is 0 Å². The number of primary amides is 1. The van der Waals surface area contributed by atoms with Crippen molar-refractivity contribution in [2.24, 2.45) is 5.73 Å². The van der Waals surface area contributed by atoms with Gasteiger partial charge in [0.2, 0.25) is 0 Å². The van der Waals surface area contributed by atoms with E-state index in [1.54, 1.807) is 12.1 Å². The smallest absolute Gasteiger partial charge is 0.271 e. The van der Waals surface area contributed by atoms with Crippen LogP contribution < -0.4 is 15.8 Å². The summed E-state index contributed by atoms with van der Waals surface area (Å²) >= 11 is 0. The van der Waals surface area contributed by atoms with Crippen molar-refractivity contribution in [2.45, 2.75) is 20.0 Å². The van der Waals surface area contributed by atoms with Crippen LogP contribution >= 0.6 is 0 Å². The summed E-state index contributed by atoms with van der Waals surface area (Å²) < 4.78 is 5.55. The summed E-state index contributed by atoms with van der Waals surface area (Å²) in [5.74, 6) is -0.979. The number of rotatable bonds is 6. The van der Waals surface area contributed by atoms with Gasteiger partial charge in [0.1, 0.15) is 5.75 Å². The van der Waals surface area contributed by atoms with Crippen LogP contribution in [-0.2, 0) is 4.79 Å². The number of nitro groups is 1. The summed E-state index contributed by atoms with van der Waals surface area (Å²) in [6.45, 7) is 3.31. The second kappa shape index (κ2) is 7.43. The first-order chi connectivity index (χ1) is 11.8. The molecule has 1 unspecified atom stereocenters. The first-order valence-corrected chi connectivity index (χ1v) is 7.40. The van der Waals surface area contributed by atoms with Crippen molar-refractivity contribution in [3.63, 3.8) is 0 Å². The minimum Gasteiger partial charge on any atom is -0.480 e. The number of anilines is 1. The topological polar surface area (TPSA) is 125 Å². The number of nitrogens with zero attached hydrogens (tertiary/aromatic N) is 1. The molecular formula is C17H17N3O5. The van der Waals surface area contributed by atoms with E-state index in [2.05, 4.69) is 5.32 Å². The van der Waals surface area contributed by atoms with E-state index in [9.17, 15) is 19.7 Å². The number of nitrogens with two attached hydrogens (primary N) is 1. The van der Waals surface area contributed by atoms with Crippen molar-refractivity contribution in [3.8, 4) is 5.75 Å². The fourth-order valence-electron chi connectivity index (χ4n) is 2.12. The summed E-state index contributed by atoms with van der Waals surface area (Å²) in [4.78, 5) is 33.9. The Bertz CT molecular complexity index is 835. The average molecular weight is 343 g/mol. The molecule has 25 heavy (non-hydrogen) atoms. The van der Waals surface area contributed by atoms with Gasteiger partial charge >= 0.3 is 0 Å². The Morgan fingerprint density at radius 3 is 2.60 bits per heavy atom. The van der Waals surface area contributed by atoms with E-state index < -0.39 is 22.8 Å². The maximum atomic E-state index is 12.2. The van der Waals surface area contributed by atoms with Crippen LogP contribution in [-0.4, -0.2) is 22.8 Å². The third-order valence-corrected chi connectivity index (χ3v) is 3.40. The molecule has 1 atom stereocenters. The van der Waals surface area contributed by atoms with E-state index in [0.717, 1.165) is 5.56 Å². The van der Waals surface area contributed by atoms with Gasteiger partial charge in [0.15, 0.2) is 6.10 Å². The number of carbonyl (C=O) groups excluding carboxylic acids is 2. The molecule has 2 aromatic rings. The van der Waals surface area contributed by atoms with Gasteiger partial charge in [-0.05, 0) is 37.6 Å². The molecule has 8 heteroatoms. The summed E-state index contributed by atoms with van der Waals surface area (Å²) in [7, 11) is 0. The van der Waals surface area contributed by atoms with Crippen molar-refractivity contribution in [1.29, 1.82) is 0 Å². The normalized spacial score (nSPS) is 11.4. The number of hydrogen-bond donors (Lipinski definition) is 2. The number of non-ortho nitro benzene ring substituents is 1. The van der Waals surface area contributed by atoms with E-state index in [0.29, 0.717) is 0 Å². The minimum absolute atomic E-state index is 0.138. The van der Waals surface area contributed by atoms with Gasteiger partial charge in [-0.1, -0.05) is 12.1 Å². The monoisotopic (exact) mass is 343 g/mol. The lowest BCUT2D eigenvalue weighted by Crippen LogP contribution is -2.31. The van der Waals surface area contributed by atoms with Gasteiger partial charge in [-0.15, -0.1) is 0 Å². The summed E-state index contributed by atoms with van der Waals surface area (Å²) in [6, 6.07) is 10.4. The van der Waals surface area contributed by atoms with Crippen molar-refractivity contribution < 1.29 is 19.2 Å². The van der Waals surface area contributed by atoms with Gasteiger partial charge in [-0.25, -0.2) is 0 Å². The second-order valence-electron chi connectivity index (χ2n) is 5.42. The predicted octanol–water partition coefficient (Wildman–Crippen LogP) is 2.41. The molecule has 130 valence electrons. The molecule has 2 rings (SSSR count). The van der Waals surface area contributed by atoms with Crippen LogP contribution in [0, 0.1) is 17.0 Å².